The maximum absolute atomic E-state index is 12.5. The van der Waals surface area contributed by atoms with Gasteiger partial charge in [0.2, 0.25) is 0 Å². The summed E-state index contributed by atoms with van der Waals surface area (Å²) < 4.78 is 6.26. The predicted octanol–water partition coefficient (Wildman–Crippen LogP) is 5.42. The highest BCUT2D eigenvalue weighted by Gasteiger charge is 2.46. The third-order valence-electron chi connectivity index (χ3n) is 10.1. The first-order valence-corrected chi connectivity index (χ1v) is 18.0. The smallest absolute Gasteiger partial charge is 0.133 e. The lowest BCUT2D eigenvalue weighted by molar-refractivity contribution is -0.127. The van der Waals surface area contributed by atoms with Gasteiger partial charge >= 0.3 is 0 Å². The first kappa shape index (κ1) is 37.4. The van der Waals surface area contributed by atoms with Gasteiger partial charge in [0.1, 0.15) is 23.7 Å². The summed E-state index contributed by atoms with van der Waals surface area (Å²) in [5.74, 6) is 0.214. The van der Waals surface area contributed by atoms with Crippen molar-refractivity contribution in [3.05, 3.63) is 82.6 Å². The molecule has 0 spiro atoms. The quantitative estimate of drug-likeness (QED) is 0.0803. The van der Waals surface area contributed by atoms with Gasteiger partial charge in [0.05, 0.1) is 18.8 Å². The molecule has 3 aromatic rings. The number of para-hydroxylation sites is 1. The van der Waals surface area contributed by atoms with Gasteiger partial charge in [-0.3, -0.25) is 9.78 Å². The second kappa shape index (κ2) is 17.4. The molecule has 49 heavy (non-hydrogen) atoms. The number of ether oxygens (including phenoxy) is 1. The summed E-state index contributed by atoms with van der Waals surface area (Å²) in [4.78, 5) is 17.0. The maximum atomic E-state index is 12.5. The van der Waals surface area contributed by atoms with Crippen molar-refractivity contribution in [1.29, 1.82) is 0 Å². The number of benzene rings is 2. The van der Waals surface area contributed by atoms with Gasteiger partial charge in [0.25, 0.3) is 0 Å². The van der Waals surface area contributed by atoms with Gasteiger partial charge in [0.15, 0.2) is 0 Å². The number of ketones is 1. The highest BCUT2D eigenvalue weighted by molar-refractivity contribution is 6.31. The van der Waals surface area contributed by atoms with E-state index in [0.29, 0.717) is 31.4 Å². The van der Waals surface area contributed by atoms with E-state index in [1.165, 1.54) is 11.1 Å². The van der Waals surface area contributed by atoms with E-state index in [-0.39, 0.29) is 17.7 Å². The monoisotopic (exact) mass is 694 g/mol. The number of rotatable bonds is 21. The Morgan fingerprint density at radius 1 is 1.00 bits per heavy atom. The number of halogens is 1. The Balaban J connectivity index is 1.12. The summed E-state index contributed by atoms with van der Waals surface area (Å²) >= 11 is 6.71. The van der Waals surface area contributed by atoms with Crippen molar-refractivity contribution in [2.75, 3.05) is 13.2 Å². The number of nitrogens with zero attached hydrogens (tertiary/aromatic N) is 1. The highest BCUT2D eigenvalue weighted by atomic mass is 35.5. The molecule has 0 aliphatic heterocycles. The summed E-state index contributed by atoms with van der Waals surface area (Å²) in [5, 5.41) is 52.9. The Labute approximate surface area is 294 Å². The van der Waals surface area contributed by atoms with Gasteiger partial charge in [-0.1, -0.05) is 61.7 Å². The van der Waals surface area contributed by atoms with Crippen LogP contribution in [-0.2, 0) is 16.9 Å². The number of carbonyl (C=O) groups is 1. The summed E-state index contributed by atoms with van der Waals surface area (Å²) in [6.07, 6.45) is 7.38. The lowest BCUT2D eigenvalue weighted by Crippen LogP contribution is -2.45. The molecule has 5 atom stereocenters. The number of aliphatic hydroxyl groups excluding tert-OH is 5. The summed E-state index contributed by atoms with van der Waals surface area (Å²) in [7, 11) is 0. The number of aromatic nitrogens is 1. The average molecular weight is 695 g/mol. The third-order valence-corrected chi connectivity index (χ3v) is 10.4. The highest BCUT2D eigenvalue weighted by Crippen LogP contribution is 2.50. The van der Waals surface area contributed by atoms with Crippen LogP contribution in [0.3, 0.4) is 0 Å². The second-order valence-corrected chi connectivity index (χ2v) is 14.3. The van der Waals surface area contributed by atoms with Crippen LogP contribution in [-0.4, -0.2) is 73.9 Å². The zero-order valence-corrected chi connectivity index (χ0v) is 29.1. The first-order valence-electron chi connectivity index (χ1n) is 17.7. The van der Waals surface area contributed by atoms with E-state index in [0.717, 1.165) is 72.4 Å². The van der Waals surface area contributed by atoms with Crippen LogP contribution in [0, 0.1) is 5.92 Å². The SMILES string of the molecule is CC(CCCCCC(=O)C[C@@H](CO)[C@@H](O)[C@H](O)[C@H](O)CO)c1ccc(Cl)c(CNC2(c3cnccc3-c3ccccc3OC3CC3)CC2)c1. The molecule has 2 aromatic carbocycles. The van der Waals surface area contributed by atoms with E-state index in [4.69, 9.17) is 21.4 Å². The summed E-state index contributed by atoms with van der Waals surface area (Å²) in [6.45, 7) is 1.61. The molecule has 2 aliphatic rings. The van der Waals surface area contributed by atoms with Crippen LogP contribution in [0.4, 0.5) is 0 Å². The Bertz CT molecular complexity index is 1530. The molecule has 1 heterocycles. The molecule has 10 heteroatoms. The van der Waals surface area contributed by atoms with Crippen LogP contribution in [0.1, 0.15) is 93.7 Å². The Morgan fingerprint density at radius 2 is 1.78 bits per heavy atom. The van der Waals surface area contributed by atoms with E-state index in [9.17, 15) is 25.2 Å². The standard InChI is InChI=1S/C39H51ClN2O7/c1-25(7-3-2-4-8-29(45)20-28(23-43)37(47)38(48)35(46)24-44)26-11-14-34(40)27(19-26)21-42-39(16-17-39)33-22-41-18-15-31(33)32-9-5-6-10-36(32)49-30-12-13-30/h5-6,9-11,14-15,18-19,22,25,28,30,35,37-38,42-44,46-48H,2-4,7-8,12-13,16-17,20-21,23-24H2,1H3/t25?,28-,35+,37+,38+/m0/s1. The molecular formula is C39H51ClN2O7. The molecular weight excluding hydrogens is 644 g/mol. The molecule has 0 amide bonds. The minimum atomic E-state index is -1.63. The summed E-state index contributed by atoms with van der Waals surface area (Å²) in [5.41, 5.74) is 5.54. The lowest BCUT2D eigenvalue weighted by atomic mass is 9.89. The maximum Gasteiger partial charge on any atom is 0.133 e. The molecule has 0 radical (unpaired) electrons. The molecule has 2 aliphatic carbocycles. The minimum absolute atomic E-state index is 0.101. The molecule has 0 saturated heterocycles. The van der Waals surface area contributed by atoms with Crippen LogP contribution in [0.15, 0.2) is 60.9 Å². The fraction of sp³-hybridized carbons (Fsp3) is 0.538. The molecule has 5 rings (SSSR count). The van der Waals surface area contributed by atoms with E-state index >= 15 is 0 Å². The lowest BCUT2D eigenvalue weighted by Gasteiger charge is -2.27. The number of hydrogen-bond donors (Lipinski definition) is 6. The molecule has 2 saturated carbocycles. The normalized spacial score (nSPS) is 18.3. The molecule has 266 valence electrons. The minimum Gasteiger partial charge on any atom is -0.490 e. The number of pyridine rings is 1. The Kier molecular flexibility index (Phi) is 13.2. The van der Waals surface area contributed by atoms with Crippen molar-refractivity contribution >= 4 is 17.4 Å². The van der Waals surface area contributed by atoms with Crippen LogP contribution < -0.4 is 10.1 Å². The third kappa shape index (κ3) is 9.88. The van der Waals surface area contributed by atoms with Gasteiger partial charge in [-0.05, 0) is 84.9 Å². The zero-order valence-electron chi connectivity index (χ0n) is 28.3. The van der Waals surface area contributed by atoms with Crippen molar-refractivity contribution < 1.29 is 35.1 Å². The van der Waals surface area contributed by atoms with Gasteiger partial charge in [0, 0.05) is 60.4 Å². The number of aliphatic hydroxyl groups is 5. The fourth-order valence-electron chi connectivity index (χ4n) is 6.55. The van der Waals surface area contributed by atoms with E-state index in [1.807, 2.05) is 24.5 Å². The fourth-order valence-corrected chi connectivity index (χ4v) is 6.74. The topological polar surface area (TPSA) is 152 Å². The molecule has 1 aromatic heterocycles. The number of carbonyl (C=O) groups excluding carboxylic acids is 1. The van der Waals surface area contributed by atoms with E-state index < -0.39 is 37.4 Å². The predicted molar refractivity (Wildman–Crippen MR) is 189 cm³/mol. The van der Waals surface area contributed by atoms with Crippen LogP contribution >= 0.6 is 11.6 Å². The van der Waals surface area contributed by atoms with Crippen LogP contribution in [0.25, 0.3) is 11.1 Å². The Hall–Kier alpha value is -2.89. The Morgan fingerprint density at radius 3 is 2.49 bits per heavy atom. The van der Waals surface area contributed by atoms with Crippen LogP contribution in [0.2, 0.25) is 5.02 Å². The number of unbranched alkanes of at least 4 members (excludes halogenated alkanes) is 2. The first-order chi connectivity index (χ1) is 23.7. The molecule has 9 nitrogen and oxygen atoms in total. The van der Waals surface area contributed by atoms with Crippen molar-refractivity contribution in [3.8, 4) is 16.9 Å². The van der Waals surface area contributed by atoms with Crippen molar-refractivity contribution in [1.82, 2.24) is 10.3 Å². The molecule has 6 N–H and O–H groups in total. The van der Waals surface area contributed by atoms with Gasteiger partial charge in [-0.15, -0.1) is 0 Å². The van der Waals surface area contributed by atoms with Crippen molar-refractivity contribution in [3.63, 3.8) is 0 Å². The van der Waals surface area contributed by atoms with Gasteiger partial charge in [-0.25, -0.2) is 0 Å². The summed E-state index contributed by atoms with van der Waals surface area (Å²) in [6, 6.07) is 16.6. The second-order valence-electron chi connectivity index (χ2n) is 13.9. The van der Waals surface area contributed by atoms with Crippen LogP contribution in [0.5, 0.6) is 5.75 Å². The number of hydrogen-bond acceptors (Lipinski definition) is 9. The average Bonchev–Trinajstić information content (AvgIpc) is 4.07. The van der Waals surface area contributed by atoms with E-state index in [2.05, 4.69) is 53.6 Å². The molecule has 1 unspecified atom stereocenters. The van der Waals surface area contributed by atoms with Gasteiger partial charge in [-0.2, -0.15) is 0 Å². The largest absolute Gasteiger partial charge is 0.490 e. The van der Waals surface area contributed by atoms with E-state index in [1.54, 1.807) is 0 Å². The molecule has 0 bridgehead atoms. The zero-order chi connectivity index (χ0) is 35.0. The number of nitrogens with one attached hydrogen (secondary N) is 1. The van der Waals surface area contributed by atoms with Crippen molar-refractivity contribution in [2.24, 2.45) is 5.92 Å². The van der Waals surface area contributed by atoms with Gasteiger partial charge < -0.3 is 35.6 Å². The van der Waals surface area contributed by atoms with Crippen molar-refractivity contribution in [2.45, 2.75) is 114 Å². The molecule has 2 fully saturated rings. The number of Topliss-reactive ketones (excluding diaryl/α,β-unsaturated/α-hetero) is 1.